The normalized spacial score (nSPS) is 22.9. The lowest BCUT2D eigenvalue weighted by atomic mass is 10.1. The number of hydrogen-bond acceptors (Lipinski definition) is 3. The van der Waals surface area contributed by atoms with Gasteiger partial charge < -0.3 is 16.2 Å². The van der Waals surface area contributed by atoms with Crippen LogP contribution in [0.15, 0.2) is 24.3 Å². The van der Waals surface area contributed by atoms with Crippen molar-refractivity contribution in [3.05, 3.63) is 29.8 Å². The Balaban J connectivity index is 2.12. The number of benzene rings is 1. The van der Waals surface area contributed by atoms with Gasteiger partial charge >= 0.3 is 5.97 Å². The van der Waals surface area contributed by atoms with Crippen LogP contribution in [0, 0.1) is 17.3 Å². The summed E-state index contributed by atoms with van der Waals surface area (Å²) in [5.74, 6) is -3.17. The van der Waals surface area contributed by atoms with Crippen molar-refractivity contribution < 1.29 is 19.5 Å². The Morgan fingerprint density at radius 2 is 1.90 bits per heavy atom. The topological polar surface area (TPSA) is 109 Å². The van der Waals surface area contributed by atoms with Gasteiger partial charge in [-0.15, -0.1) is 0 Å². The van der Waals surface area contributed by atoms with Crippen LogP contribution in [0.3, 0.4) is 0 Å². The molecule has 0 unspecified atom stereocenters. The Morgan fingerprint density at radius 3 is 2.40 bits per heavy atom. The largest absolute Gasteiger partial charge is 0.481 e. The van der Waals surface area contributed by atoms with Gasteiger partial charge in [0.25, 0.3) is 0 Å². The van der Waals surface area contributed by atoms with Gasteiger partial charge in [-0.2, -0.15) is 0 Å². The Morgan fingerprint density at radius 1 is 1.25 bits per heavy atom. The van der Waals surface area contributed by atoms with Crippen molar-refractivity contribution in [3.8, 4) is 0 Å². The number of carbonyl (C=O) groups excluding carboxylic acids is 2. The van der Waals surface area contributed by atoms with Gasteiger partial charge in [-0.3, -0.25) is 14.4 Å². The van der Waals surface area contributed by atoms with E-state index in [4.69, 9.17) is 10.8 Å². The molecule has 20 heavy (non-hydrogen) atoms. The molecule has 106 valence electrons. The molecular weight excluding hydrogens is 260 g/mol. The summed E-state index contributed by atoms with van der Waals surface area (Å²) in [6.07, 6.45) is 0. The SMILES string of the molecule is CC1(C)[C@@H](C(=O)O)[C@@H]1C(=O)Nc1cccc(C(N)=O)c1. The number of primary amides is 1. The molecule has 6 nitrogen and oxygen atoms in total. The Kier molecular flexibility index (Phi) is 3.25. The third kappa shape index (κ3) is 2.36. The second-order valence-corrected chi connectivity index (χ2v) is 5.55. The van der Waals surface area contributed by atoms with Crippen LogP contribution in [0.2, 0.25) is 0 Å². The van der Waals surface area contributed by atoms with Crippen molar-refractivity contribution >= 4 is 23.5 Å². The van der Waals surface area contributed by atoms with E-state index in [0.29, 0.717) is 5.69 Å². The van der Waals surface area contributed by atoms with Crippen LogP contribution in [0.5, 0.6) is 0 Å². The molecule has 2 rings (SSSR count). The van der Waals surface area contributed by atoms with E-state index >= 15 is 0 Å². The van der Waals surface area contributed by atoms with Gasteiger partial charge in [-0.25, -0.2) is 0 Å². The van der Waals surface area contributed by atoms with Crippen molar-refractivity contribution in [2.75, 3.05) is 5.32 Å². The van der Waals surface area contributed by atoms with Crippen LogP contribution in [-0.2, 0) is 9.59 Å². The summed E-state index contributed by atoms with van der Waals surface area (Å²) in [7, 11) is 0. The lowest BCUT2D eigenvalue weighted by molar-refractivity contribution is -0.140. The molecule has 1 aromatic rings. The van der Waals surface area contributed by atoms with E-state index in [1.54, 1.807) is 32.0 Å². The van der Waals surface area contributed by atoms with Gasteiger partial charge in [0.05, 0.1) is 11.8 Å². The number of nitrogens with one attached hydrogen (secondary N) is 1. The molecule has 1 aliphatic carbocycles. The zero-order chi connectivity index (χ0) is 15.1. The van der Waals surface area contributed by atoms with Crippen molar-refractivity contribution in [2.45, 2.75) is 13.8 Å². The first-order valence-corrected chi connectivity index (χ1v) is 6.18. The smallest absolute Gasteiger partial charge is 0.307 e. The molecule has 0 radical (unpaired) electrons. The molecule has 6 heteroatoms. The molecule has 1 saturated carbocycles. The molecule has 1 aliphatic rings. The zero-order valence-electron chi connectivity index (χ0n) is 11.2. The number of carboxylic acid groups (broad SMARTS) is 1. The van der Waals surface area contributed by atoms with Crippen molar-refractivity contribution in [1.29, 1.82) is 0 Å². The summed E-state index contributed by atoms with van der Waals surface area (Å²) in [5, 5.41) is 11.7. The van der Waals surface area contributed by atoms with E-state index in [1.807, 2.05) is 0 Å². The minimum Gasteiger partial charge on any atom is -0.481 e. The van der Waals surface area contributed by atoms with Crippen LogP contribution >= 0.6 is 0 Å². The lowest BCUT2D eigenvalue weighted by Crippen LogP contribution is -2.18. The van der Waals surface area contributed by atoms with E-state index in [9.17, 15) is 14.4 Å². The van der Waals surface area contributed by atoms with Crippen LogP contribution in [0.4, 0.5) is 5.69 Å². The van der Waals surface area contributed by atoms with E-state index in [1.165, 1.54) is 6.07 Å². The van der Waals surface area contributed by atoms with Crippen LogP contribution < -0.4 is 11.1 Å². The fourth-order valence-electron chi connectivity index (χ4n) is 2.56. The quantitative estimate of drug-likeness (QED) is 0.764. The first kappa shape index (κ1) is 14.0. The third-order valence-corrected chi connectivity index (χ3v) is 3.79. The van der Waals surface area contributed by atoms with Gasteiger partial charge in [0, 0.05) is 11.3 Å². The maximum atomic E-state index is 12.1. The van der Waals surface area contributed by atoms with Gasteiger partial charge in [-0.05, 0) is 23.6 Å². The number of anilines is 1. The predicted molar refractivity (Wildman–Crippen MR) is 72.0 cm³/mol. The summed E-state index contributed by atoms with van der Waals surface area (Å²) in [5.41, 5.74) is 5.32. The fourth-order valence-corrected chi connectivity index (χ4v) is 2.56. The molecule has 0 bridgehead atoms. The number of amides is 2. The Labute approximate surface area is 116 Å². The minimum atomic E-state index is -0.971. The molecule has 0 aromatic heterocycles. The van der Waals surface area contributed by atoms with Gasteiger partial charge in [0.2, 0.25) is 11.8 Å². The molecule has 2 amide bonds. The highest BCUT2D eigenvalue weighted by Crippen LogP contribution is 2.58. The summed E-state index contributed by atoms with van der Waals surface area (Å²) >= 11 is 0. The predicted octanol–water partition coefficient (Wildman–Crippen LogP) is 1.08. The van der Waals surface area contributed by atoms with Gasteiger partial charge in [0.1, 0.15) is 0 Å². The Bertz CT molecular complexity index is 595. The number of carbonyl (C=O) groups is 3. The molecular formula is C14H16N2O4. The number of rotatable bonds is 4. The maximum Gasteiger partial charge on any atom is 0.307 e. The van der Waals surface area contributed by atoms with Crippen LogP contribution in [0.25, 0.3) is 0 Å². The van der Waals surface area contributed by atoms with Crippen LogP contribution in [-0.4, -0.2) is 22.9 Å². The number of aliphatic carboxylic acids is 1. The lowest BCUT2D eigenvalue weighted by Gasteiger charge is -2.07. The molecule has 2 atom stereocenters. The van der Waals surface area contributed by atoms with E-state index in [2.05, 4.69) is 5.32 Å². The summed E-state index contributed by atoms with van der Waals surface area (Å²) in [6.45, 7) is 3.49. The minimum absolute atomic E-state index is 0.285. The summed E-state index contributed by atoms with van der Waals surface area (Å²) in [4.78, 5) is 34.2. The maximum absolute atomic E-state index is 12.1. The molecule has 0 aliphatic heterocycles. The molecule has 1 fully saturated rings. The highest BCUT2D eigenvalue weighted by molar-refractivity contribution is 6.01. The summed E-state index contributed by atoms with van der Waals surface area (Å²) in [6, 6.07) is 6.22. The zero-order valence-corrected chi connectivity index (χ0v) is 11.2. The number of carboxylic acids is 1. The standard InChI is InChI=1S/C14H16N2O4/c1-14(2)9(10(14)13(19)20)12(18)16-8-5-3-4-7(6-8)11(15)17/h3-6,9-10H,1-2H3,(H2,15,17)(H,16,18)(H,19,20)/t9-,10-/m1/s1. The molecule has 4 N–H and O–H groups in total. The van der Waals surface area contributed by atoms with E-state index in [0.717, 1.165) is 0 Å². The van der Waals surface area contributed by atoms with Crippen LogP contribution in [0.1, 0.15) is 24.2 Å². The molecule has 0 saturated heterocycles. The number of hydrogen-bond donors (Lipinski definition) is 3. The van der Waals surface area contributed by atoms with Gasteiger partial charge in [-0.1, -0.05) is 19.9 Å². The van der Waals surface area contributed by atoms with Crippen molar-refractivity contribution in [1.82, 2.24) is 0 Å². The second-order valence-electron chi connectivity index (χ2n) is 5.55. The fraction of sp³-hybridized carbons (Fsp3) is 0.357. The van der Waals surface area contributed by atoms with E-state index in [-0.39, 0.29) is 11.5 Å². The van der Waals surface area contributed by atoms with E-state index < -0.39 is 29.1 Å². The monoisotopic (exact) mass is 276 g/mol. The number of nitrogens with two attached hydrogens (primary N) is 1. The highest BCUT2D eigenvalue weighted by atomic mass is 16.4. The summed E-state index contributed by atoms with van der Waals surface area (Å²) < 4.78 is 0. The Hall–Kier alpha value is -2.37. The first-order valence-electron chi connectivity index (χ1n) is 6.18. The van der Waals surface area contributed by atoms with Crippen molar-refractivity contribution in [3.63, 3.8) is 0 Å². The molecule has 0 spiro atoms. The molecule has 1 aromatic carbocycles. The second kappa shape index (κ2) is 4.63. The highest BCUT2D eigenvalue weighted by Gasteiger charge is 2.65. The average molecular weight is 276 g/mol. The van der Waals surface area contributed by atoms with Gasteiger partial charge in [0.15, 0.2) is 0 Å². The third-order valence-electron chi connectivity index (χ3n) is 3.79. The first-order chi connectivity index (χ1) is 9.25. The average Bonchev–Trinajstić information content (AvgIpc) is 2.93. The van der Waals surface area contributed by atoms with Crippen molar-refractivity contribution in [2.24, 2.45) is 23.0 Å². The molecule has 0 heterocycles.